The predicted molar refractivity (Wildman–Crippen MR) is 143 cm³/mol. The summed E-state index contributed by atoms with van der Waals surface area (Å²) in [4.78, 5) is 12.5. The molecule has 0 aliphatic heterocycles. The Morgan fingerprint density at radius 1 is 0.914 bits per heavy atom. The minimum absolute atomic E-state index is 0.0708. The molecule has 4 rings (SSSR count). The molecule has 1 aromatic heterocycles. The molecule has 7 heteroatoms. The van der Waals surface area contributed by atoms with E-state index in [1.165, 1.54) is 17.3 Å². The summed E-state index contributed by atoms with van der Waals surface area (Å²) in [7, 11) is 0. The number of thioether (sulfide) groups is 1. The number of benzene rings is 3. The van der Waals surface area contributed by atoms with E-state index in [2.05, 4.69) is 65.8 Å². The zero-order chi connectivity index (χ0) is 24.8. The first-order valence-electron chi connectivity index (χ1n) is 11.5. The van der Waals surface area contributed by atoms with Gasteiger partial charge in [-0.05, 0) is 35.6 Å². The van der Waals surface area contributed by atoms with Crippen molar-refractivity contribution in [2.24, 2.45) is 5.10 Å². The summed E-state index contributed by atoms with van der Waals surface area (Å²) in [6, 6.07) is 28.1. The molecule has 0 radical (unpaired) electrons. The van der Waals surface area contributed by atoms with Crippen molar-refractivity contribution >= 4 is 23.4 Å². The Hall–Kier alpha value is -3.71. The molecule has 0 aliphatic carbocycles. The summed E-state index contributed by atoms with van der Waals surface area (Å²) in [6.07, 6.45) is 0. The van der Waals surface area contributed by atoms with E-state index in [0.29, 0.717) is 5.16 Å². The number of para-hydroxylation sites is 1. The molecule has 3 aromatic carbocycles. The van der Waals surface area contributed by atoms with Gasteiger partial charge in [0.15, 0.2) is 11.0 Å². The fraction of sp³-hybridized carbons (Fsp3) is 0.214. The molecule has 1 N–H and O–H groups in total. The maximum Gasteiger partial charge on any atom is 0.250 e. The van der Waals surface area contributed by atoms with Gasteiger partial charge in [0, 0.05) is 11.3 Å². The number of amides is 1. The fourth-order valence-corrected chi connectivity index (χ4v) is 4.28. The van der Waals surface area contributed by atoms with Crippen LogP contribution in [0.2, 0.25) is 0 Å². The molecular formula is C28H29N5OS. The summed E-state index contributed by atoms with van der Waals surface area (Å²) < 4.78 is 1.99. The van der Waals surface area contributed by atoms with Gasteiger partial charge in [0.2, 0.25) is 0 Å². The maximum atomic E-state index is 12.5. The Labute approximate surface area is 210 Å². The lowest BCUT2D eigenvalue weighted by molar-refractivity contribution is -0.118. The lowest BCUT2D eigenvalue weighted by atomic mass is 9.87. The largest absolute Gasteiger partial charge is 0.272 e. The number of hydrogen-bond acceptors (Lipinski definition) is 5. The molecule has 0 atom stereocenters. The maximum absolute atomic E-state index is 12.5. The normalized spacial score (nSPS) is 11.9. The van der Waals surface area contributed by atoms with Crippen molar-refractivity contribution in [1.29, 1.82) is 0 Å². The van der Waals surface area contributed by atoms with Crippen LogP contribution in [0.1, 0.15) is 38.8 Å². The van der Waals surface area contributed by atoms with Crippen LogP contribution in [0.4, 0.5) is 0 Å². The molecule has 0 bridgehead atoms. The molecule has 0 spiro atoms. The van der Waals surface area contributed by atoms with Crippen LogP contribution in [0.3, 0.4) is 0 Å². The van der Waals surface area contributed by atoms with Crippen LogP contribution in [0, 0.1) is 0 Å². The number of carbonyl (C=O) groups excluding carboxylic acids is 1. The van der Waals surface area contributed by atoms with Crippen molar-refractivity contribution in [3.05, 3.63) is 96.1 Å². The van der Waals surface area contributed by atoms with Crippen LogP contribution in [-0.2, 0) is 10.2 Å². The third kappa shape index (κ3) is 6.05. The highest BCUT2D eigenvalue weighted by atomic mass is 32.2. The molecule has 0 saturated carbocycles. The van der Waals surface area contributed by atoms with Crippen LogP contribution in [0.25, 0.3) is 17.1 Å². The Morgan fingerprint density at radius 2 is 1.54 bits per heavy atom. The van der Waals surface area contributed by atoms with Crippen LogP contribution >= 0.6 is 11.8 Å². The van der Waals surface area contributed by atoms with Gasteiger partial charge in [0.1, 0.15) is 0 Å². The average molecular weight is 484 g/mol. The van der Waals surface area contributed by atoms with E-state index in [4.69, 9.17) is 0 Å². The number of nitrogens with one attached hydrogen (secondary N) is 1. The quantitative estimate of drug-likeness (QED) is 0.203. The highest BCUT2D eigenvalue weighted by molar-refractivity contribution is 7.99. The van der Waals surface area contributed by atoms with Gasteiger partial charge < -0.3 is 0 Å². The van der Waals surface area contributed by atoms with Crippen LogP contribution in [0.5, 0.6) is 0 Å². The molecular weight excluding hydrogens is 454 g/mol. The minimum Gasteiger partial charge on any atom is -0.272 e. The van der Waals surface area contributed by atoms with Gasteiger partial charge in [-0.15, -0.1) is 10.2 Å². The zero-order valence-corrected chi connectivity index (χ0v) is 21.2. The highest BCUT2D eigenvalue weighted by Gasteiger charge is 2.19. The van der Waals surface area contributed by atoms with Crippen LogP contribution < -0.4 is 5.43 Å². The van der Waals surface area contributed by atoms with Crippen molar-refractivity contribution in [2.75, 3.05) is 5.75 Å². The lowest BCUT2D eigenvalue weighted by Gasteiger charge is -2.19. The molecule has 6 nitrogen and oxygen atoms in total. The smallest absolute Gasteiger partial charge is 0.250 e. The summed E-state index contributed by atoms with van der Waals surface area (Å²) in [5, 5.41) is 13.8. The second-order valence-corrected chi connectivity index (χ2v) is 10.1. The van der Waals surface area contributed by atoms with Crippen molar-refractivity contribution in [3.63, 3.8) is 0 Å². The minimum atomic E-state index is -0.205. The molecule has 1 amide bonds. The first-order valence-corrected chi connectivity index (χ1v) is 12.4. The van der Waals surface area contributed by atoms with Crippen LogP contribution in [-0.4, -0.2) is 32.1 Å². The van der Waals surface area contributed by atoms with Gasteiger partial charge in [-0.25, -0.2) is 5.43 Å². The summed E-state index contributed by atoms with van der Waals surface area (Å²) in [6.45, 7) is 8.45. The van der Waals surface area contributed by atoms with E-state index < -0.39 is 0 Å². The van der Waals surface area contributed by atoms with Gasteiger partial charge >= 0.3 is 0 Å². The predicted octanol–water partition coefficient (Wildman–Crippen LogP) is 5.86. The van der Waals surface area contributed by atoms with Gasteiger partial charge in [0.25, 0.3) is 5.91 Å². The van der Waals surface area contributed by atoms with Gasteiger partial charge in [-0.2, -0.15) is 5.10 Å². The van der Waals surface area contributed by atoms with E-state index >= 15 is 0 Å². The van der Waals surface area contributed by atoms with E-state index in [1.807, 2.05) is 72.2 Å². The first kappa shape index (κ1) is 24.4. The van der Waals surface area contributed by atoms with Crippen molar-refractivity contribution in [2.45, 2.75) is 38.3 Å². The van der Waals surface area contributed by atoms with Gasteiger partial charge in [0.05, 0.1) is 11.5 Å². The van der Waals surface area contributed by atoms with E-state index in [9.17, 15) is 4.79 Å². The zero-order valence-electron chi connectivity index (χ0n) is 20.4. The standard InChI is InChI=1S/C28H29N5OS/c1-20(21-11-7-5-8-12-21)29-30-25(34)19-35-27-32-31-26(33(27)24-13-9-6-10-14-24)22-15-17-23(18-16-22)28(2,3)4/h5-18H,19H2,1-4H3,(H,30,34)/b29-20+. The van der Waals surface area contributed by atoms with E-state index in [-0.39, 0.29) is 17.1 Å². The summed E-state index contributed by atoms with van der Waals surface area (Å²) >= 11 is 1.33. The van der Waals surface area contributed by atoms with Crippen molar-refractivity contribution < 1.29 is 4.79 Å². The third-order valence-electron chi connectivity index (χ3n) is 5.53. The molecule has 0 aliphatic rings. The Kier molecular flexibility index (Phi) is 7.46. The Morgan fingerprint density at radius 3 is 2.17 bits per heavy atom. The SMILES string of the molecule is C/C(=N\NC(=O)CSc1nnc(-c2ccc(C(C)(C)C)cc2)n1-c1ccccc1)c1ccccc1. The van der Waals surface area contributed by atoms with Gasteiger partial charge in [-0.1, -0.05) is 105 Å². The highest BCUT2D eigenvalue weighted by Crippen LogP contribution is 2.30. The average Bonchev–Trinajstić information content (AvgIpc) is 3.30. The first-order chi connectivity index (χ1) is 16.8. The van der Waals surface area contributed by atoms with Crippen molar-refractivity contribution in [3.8, 4) is 17.1 Å². The molecule has 0 fully saturated rings. The number of carbonyl (C=O) groups is 1. The molecule has 0 unspecified atom stereocenters. The number of hydrazone groups is 1. The van der Waals surface area contributed by atoms with Crippen molar-refractivity contribution in [1.82, 2.24) is 20.2 Å². The summed E-state index contributed by atoms with van der Waals surface area (Å²) in [5.74, 6) is 0.695. The number of rotatable bonds is 7. The second-order valence-electron chi connectivity index (χ2n) is 9.19. The number of aromatic nitrogens is 3. The lowest BCUT2D eigenvalue weighted by Crippen LogP contribution is -2.21. The number of nitrogens with zero attached hydrogens (tertiary/aromatic N) is 4. The summed E-state index contributed by atoms with van der Waals surface area (Å²) in [5.41, 5.74) is 7.58. The van der Waals surface area contributed by atoms with Gasteiger partial charge in [-0.3, -0.25) is 9.36 Å². The van der Waals surface area contributed by atoms with Crippen LogP contribution in [0.15, 0.2) is 95.2 Å². The molecule has 35 heavy (non-hydrogen) atoms. The Bertz CT molecular complexity index is 1310. The molecule has 0 saturated heterocycles. The third-order valence-corrected chi connectivity index (χ3v) is 6.46. The molecule has 4 aromatic rings. The second kappa shape index (κ2) is 10.7. The fourth-order valence-electron chi connectivity index (χ4n) is 3.53. The monoisotopic (exact) mass is 483 g/mol. The topological polar surface area (TPSA) is 72.2 Å². The van der Waals surface area contributed by atoms with E-state index in [1.54, 1.807) is 0 Å². The van der Waals surface area contributed by atoms with E-state index in [0.717, 1.165) is 28.4 Å². The number of hydrogen-bond donors (Lipinski definition) is 1. The molecule has 178 valence electrons. The molecule has 1 heterocycles. The Balaban J connectivity index is 1.54.